The molecule has 0 radical (unpaired) electrons. The number of halogens is 1. The Morgan fingerprint density at radius 3 is 2.67 bits per heavy atom. The molecule has 82 valence electrons. The Hall–Kier alpha value is -1.03. The molecule has 0 aliphatic heterocycles. The maximum Gasteiger partial charge on any atom is 0.233 e. The Balaban J connectivity index is 2.89. The van der Waals surface area contributed by atoms with Crippen molar-refractivity contribution in [3.05, 3.63) is 29.8 Å². The van der Waals surface area contributed by atoms with E-state index in [1.54, 1.807) is 24.1 Å². The van der Waals surface area contributed by atoms with Gasteiger partial charge < -0.3 is 10.0 Å². The molecule has 1 aromatic rings. The van der Waals surface area contributed by atoms with Crippen molar-refractivity contribution in [2.75, 3.05) is 12.4 Å². The highest BCUT2D eigenvalue weighted by atomic mass is 79.9. The molecule has 1 amide bonds. The summed E-state index contributed by atoms with van der Waals surface area (Å²) in [4.78, 5) is 13.0. The van der Waals surface area contributed by atoms with Crippen LogP contribution in [-0.4, -0.2) is 28.3 Å². The van der Waals surface area contributed by atoms with Gasteiger partial charge in [-0.15, -0.1) is 0 Å². The first-order chi connectivity index (χ1) is 7.07. The monoisotopic (exact) mass is 271 g/mol. The van der Waals surface area contributed by atoms with Gasteiger partial charge in [0.1, 0.15) is 5.75 Å². The lowest BCUT2D eigenvalue weighted by atomic mass is 10.1. The Labute approximate surface area is 97.8 Å². The van der Waals surface area contributed by atoms with Gasteiger partial charge in [0.2, 0.25) is 5.91 Å². The van der Waals surface area contributed by atoms with Crippen molar-refractivity contribution in [1.82, 2.24) is 4.90 Å². The lowest BCUT2D eigenvalue weighted by Crippen LogP contribution is -2.30. The molecule has 0 spiro atoms. The number of aromatic hydroxyl groups is 1. The van der Waals surface area contributed by atoms with Crippen molar-refractivity contribution in [2.45, 2.75) is 13.0 Å². The van der Waals surface area contributed by atoms with Crippen LogP contribution in [0.2, 0.25) is 0 Å². The van der Waals surface area contributed by atoms with Gasteiger partial charge in [-0.25, -0.2) is 0 Å². The summed E-state index contributed by atoms with van der Waals surface area (Å²) in [5, 5.41) is 9.93. The molecule has 3 nitrogen and oxygen atoms in total. The molecule has 0 bridgehead atoms. The highest BCUT2D eigenvalue weighted by Crippen LogP contribution is 2.27. The molecule has 4 heteroatoms. The predicted molar refractivity (Wildman–Crippen MR) is 63.1 cm³/mol. The van der Waals surface area contributed by atoms with Gasteiger partial charge in [0, 0.05) is 12.6 Å². The molecule has 0 saturated heterocycles. The largest absolute Gasteiger partial charge is 0.508 e. The molecule has 0 aromatic heterocycles. The summed E-state index contributed by atoms with van der Waals surface area (Å²) in [6.07, 6.45) is 0. The van der Waals surface area contributed by atoms with Gasteiger partial charge in [-0.1, -0.05) is 34.1 Å². The number of para-hydroxylation sites is 1. The van der Waals surface area contributed by atoms with E-state index in [0.29, 0.717) is 5.33 Å². The summed E-state index contributed by atoms with van der Waals surface area (Å²) in [6, 6.07) is 6.92. The Morgan fingerprint density at radius 2 is 2.13 bits per heavy atom. The maximum absolute atomic E-state index is 11.4. The van der Waals surface area contributed by atoms with E-state index in [2.05, 4.69) is 15.9 Å². The highest BCUT2D eigenvalue weighted by molar-refractivity contribution is 9.09. The first-order valence-electron chi connectivity index (χ1n) is 4.67. The summed E-state index contributed by atoms with van der Waals surface area (Å²) < 4.78 is 0. The number of phenolic OH excluding ortho intramolecular Hbond substituents is 1. The minimum Gasteiger partial charge on any atom is -0.508 e. The normalized spacial score (nSPS) is 12.2. The number of carbonyl (C=O) groups excluding carboxylic acids is 1. The average Bonchev–Trinajstić information content (AvgIpc) is 2.26. The van der Waals surface area contributed by atoms with Crippen LogP contribution in [0.1, 0.15) is 18.5 Å². The van der Waals surface area contributed by atoms with Crippen LogP contribution in [0.25, 0.3) is 0 Å². The van der Waals surface area contributed by atoms with E-state index >= 15 is 0 Å². The molecule has 0 fully saturated rings. The SMILES string of the molecule is CC(c1ccccc1O)N(C)C(=O)CBr. The summed E-state index contributed by atoms with van der Waals surface area (Å²) in [5.41, 5.74) is 0.759. The third-order valence-corrected chi connectivity index (χ3v) is 2.96. The van der Waals surface area contributed by atoms with E-state index in [1.165, 1.54) is 0 Å². The van der Waals surface area contributed by atoms with Gasteiger partial charge in [0.15, 0.2) is 0 Å². The van der Waals surface area contributed by atoms with Gasteiger partial charge in [-0.05, 0) is 13.0 Å². The van der Waals surface area contributed by atoms with Gasteiger partial charge in [-0.2, -0.15) is 0 Å². The average molecular weight is 272 g/mol. The van der Waals surface area contributed by atoms with E-state index in [9.17, 15) is 9.90 Å². The minimum atomic E-state index is -0.128. The molecule has 1 aromatic carbocycles. The third-order valence-electron chi connectivity index (χ3n) is 2.48. The van der Waals surface area contributed by atoms with E-state index in [0.717, 1.165) is 5.56 Å². The second-order valence-corrected chi connectivity index (χ2v) is 3.93. The summed E-state index contributed by atoms with van der Waals surface area (Å²) in [7, 11) is 1.72. The van der Waals surface area contributed by atoms with Crippen molar-refractivity contribution < 1.29 is 9.90 Å². The van der Waals surface area contributed by atoms with Crippen LogP contribution in [-0.2, 0) is 4.79 Å². The Kier molecular flexibility index (Phi) is 4.15. The fourth-order valence-corrected chi connectivity index (χ4v) is 1.76. The number of carbonyl (C=O) groups is 1. The Bertz CT molecular complexity index is 354. The summed E-state index contributed by atoms with van der Waals surface area (Å²) in [6.45, 7) is 1.88. The minimum absolute atomic E-state index is 0.00856. The molecule has 0 heterocycles. The molecule has 1 N–H and O–H groups in total. The molecule has 1 rings (SSSR count). The fourth-order valence-electron chi connectivity index (χ4n) is 1.36. The van der Waals surface area contributed by atoms with Crippen LogP contribution < -0.4 is 0 Å². The lowest BCUT2D eigenvalue weighted by molar-refractivity contribution is -0.128. The van der Waals surface area contributed by atoms with Gasteiger partial charge in [0.05, 0.1) is 11.4 Å². The van der Waals surface area contributed by atoms with Crippen molar-refractivity contribution in [1.29, 1.82) is 0 Å². The van der Waals surface area contributed by atoms with E-state index in [1.807, 2.05) is 19.1 Å². The zero-order valence-corrected chi connectivity index (χ0v) is 10.4. The number of hydrogen-bond donors (Lipinski definition) is 1. The van der Waals surface area contributed by atoms with Crippen molar-refractivity contribution in [3.63, 3.8) is 0 Å². The summed E-state index contributed by atoms with van der Waals surface area (Å²) >= 11 is 3.12. The van der Waals surface area contributed by atoms with Crippen molar-refractivity contribution in [3.8, 4) is 5.75 Å². The molecule has 0 aliphatic rings. The molecule has 1 atom stereocenters. The van der Waals surface area contributed by atoms with Crippen molar-refractivity contribution >= 4 is 21.8 Å². The zero-order chi connectivity index (χ0) is 11.4. The van der Waals surface area contributed by atoms with Crippen LogP contribution >= 0.6 is 15.9 Å². The maximum atomic E-state index is 11.4. The number of alkyl halides is 1. The number of benzene rings is 1. The lowest BCUT2D eigenvalue weighted by Gasteiger charge is -2.25. The van der Waals surface area contributed by atoms with Crippen LogP contribution in [0.5, 0.6) is 5.75 Å². The molecular formula is C11H14BrNO2. The second-order valence-electron chi connectivity index (χ2n) is 3.37. The predicted octanol–water partition coefficient (Wildman–Crippen LogP) is 2.31. The van der Waals surface area contributed by atoms with Crippen LogP contribution in [0.4, 0.5) is 0 Å². The zero-order valence-electron chi connectivity index (χ0n) is 8.77. The van der Waals surface area contributed by atoms with Crippen LogP contribution in [0.3, 0.4) is 0 Å². The Morgan fingerprint density at radius 1 is 1.53 bits per heavy atom. The standard InChI is InChI=1S/C11H14BrNO2/c1-8(13(2)11(15)7-12)9-5-3-4-6-10(9)14/h3-6,8,14H,7H2,1-2H3. The number of nitrogens with zero attached hydrogens (tertiary/aromatic N) is 1. The third kappa shape index (κ3) is 2.72. The number of rotatable bonds is 3. The molecule has 0 aliphatic carbocycles. The smallest absolute Gasteiger partial charge is 0.233 e. The quantitative estimate of drug-likeness (QED) is 0.858. The molecule has 0 saturated carbocycles. The molecule has 1 unspecified atom stereocenters. The van der Waals surface area contributed by atoms with Gasteiger partial charge >= 0.3 is 0 Å². The summed E-state index contributed by atoms with van der Waals surface area (Å²) in [5.74, 6) is 0.213. The highest BCUT2D eigenvalue weighted by Gasteiger charge is 2.18. The topological polar surface area (TPSA) is 40.5 Å². The van der Waals surface area contributed by atoms with Crippen molar-refractivity contribution in [2.24, 2.45) is 0 Å². The fraction of sp³-hybridized carbons (Fsp3) is 0.364. The van der Waals surface area contributed by atoms with E-state index in [4.69, 9.17) is 0 Å². The van der Waals surface area contributed by atoms with Gasteiger partial charge in [0.25, 0.3) is 0 Å². The first-order valence-corrected chi connectivity index (χ1v) is 5.79. The number of amides is 1. The number of phenols is 1. The molecule has 15 heavy (non-hydrogen) atoms. The van der Waals surface area contributed by atoms with E-state index < -0.39 is 0 Å². The van der Waals surface area contributed by atoms with Crippen LogP contribution in [0, 0.1) is 0 Å². The molecular weight excluding hydrogens is 258 g/mol. The van der Waals surface area contributed by atoms with Crippen LogP contribution in [0.15, 0.2) is 24.3 Å². The van der Waals surface area contributed by atoms with E-state index in [-0.39, 0.29) is 17.7 Å². The number of hydrogen-bond acceptors (Lipinski definition) is 2. The van der Waals surface area contributed by atoms with Gasteiger partial charge in [-0.3, -0.25) is 4.79 Å². The first kappa shape index (κ1) is 12.0. The second kappa shape index (κ2) is 5.16.